The van der Waals surface area contributed by atoms with E-state index in [4.69, 9.17) is 4.18 Å². The highest BCUT2D eigenvalue weighted by Gasteiger charge is 2.20. The molecular weight excluding hydrogens is 514 g/mol. The van der Waals surface area contributed by atoms with Gasteiger partial charge in [-0.05, 0) is 48.4 Å². The van der Waals surface area contributed by atoms with Crippen LogP contribution < -0.4 is 0 Å². The molecule has 0 saturated carbocycles. The van der Waals surface area contributed by atoms with Crippen LogP contribution in [-0.2, 0) is 36.7 Å². The van der Waals surface area contributed by atoms with E-state index in [1.54, 1.807) is 54.6 Å². The second-order valence-corrected chi connectivity index (χ2v) is 11.7. The number of rotatable bonds is 7. The second-order valence-electron chi connectivity index (χ2n) is 7.39. The Kier molecular flexibility index (Phi) is 6.26. The molecule has 0 aliphatic rings. The van der Waals surface area contributed by atoms with Crippen molar-refractivity contribution in [2.24, 2.45) is 0 Å². The summed E-state index contributed by atoms with van der Waals surface area (Å²) >= 11 is 3.45. The van der Waals surface area contributed by atoms with Crippen LogP contribution in [0, 0.1) is 6.92 Å². The Hall–Kier alpha value is -2.46. The fraction of sp³-hybridized carbons (Fsp3) is 0.130. The van der Waals surface area contributed by atoms with Gasteiger partial charge in [0.25, 0.3) is 10.1 Å². The van der Waals surface area contributed by atoms with Crippen LogP contribution in [0.15, 0.2) is 88.4 Å². The number of hydrogen-bond donors (Lipinski definition) is 0. The van der Waals surface area contributed by atoms with Gasteiger partial charge in [0.2, 0.25) is 10.0 Å². The summed E-state index contributed by atoms with van der Waals surface area (Å²) in [6, 6.07) is 20.4. The Morgan fingerprint density at radius 2 is 1.56 bits per heavy atom. The molecule has 166 valence electrons. The maximum atomic E-state index is 13.0. The third-order valence-electron chi connectivity index (χ3n) is 4.96. The lowest BCUT2D eigenvalue weighted by molar-refractivity contribution is 0.308. The van der Waals surface area contributed by atoms with Crippen molar-refractivity contribution < 1.29 is 21.0 Å². The van der Waals surface area contributed by atoms with Crippen molar-refractivity contribution in [1.82, 2.24) is 3.97 Å². The van der Waals surface area contributed by atoms with Crippen molar-refractivity contribution in [3.63, 3.8) is 0 Å². The molecule has 0 bridgehead atoms. The summed E-state index contributed by atoms with van der Waals surface area (Å²) in [5, 5.41) is 0.701. The highest BCUT2D eigenvalue weighted by molar-refractivity contribution is 9.10. The minimum atomic E-state index is -3.95. The summed E-state index contributed by atoms with van der Waals surface area (Å²) in [5.41, 5.74) is 2.59. The van der Waals surface area contributed by atoms with Gasteiger partial charge in [0.05, 0.1) is 22.8 Å². The number of halogens is 1. The largest absolute Gasteiger partial charge is 0.297 e. The van der Waals surface area contributed by atoms with Crippen molar-refractivity contribution in [2.45, 2.75) is 24.2 Å². The van der Waals surface area contributed by atoms with Gasteiger partial charge in [-0.2, -0.15) is 8.42 Å². The van der Waals surface area contributed by atoms with Crippen molar-refractivity contribution in [3.05, 3.63) is 100 Å². The number of aromatic nitrogens is 1. The van der Waals surface area contributed by atoms with Crippen LogP contribution in [0.5, 0.6) is 0 Å². The predicted octanol–water partition coefficient (Wildman–Crippen LogP) is 5.00. The average Bonchev–Trinajstić information content (AvgIpc) is 3.19. The molecule has 0 fully saturated rings. The first-order chi connectivity index (χ1) is 15.2. The van der Waals surface area contributed by atoms with Gasteiger partial charge in [0.15, 0.2) is 0 Å². The second kappa shape index (κ2) is 8.82. The molecule has 0 N–H and O–H groups in total. The van der Waals surface area contributed by atoms with Crippen LogP contribution in [0.4, 0.5) is 0 Å². The molecule has 0 amide bonds. The zero-order chi connectivity index (χ0) is 22.9. The first-order valence-corrected chi connectivity index (χ1v) is 13.5. The Labute approximate surface area is 195 Å². The molecule has 4 aromatic rings. The van der Waals surface area contributed by atoms with E-state index in [1.165, 1.54) is 22.3 Å². The van der Waals surface area contributed by atoms with E-state index in [9.17, 15) is 16.8 Å². The molecule has 6 nitrogen and oxygen atoms in total. The Morgan fingerprint density at radius 3 is 2.25 bits per heavy atom. The van der Waals surface area contributed by atoms with E-state index < -0.39 is 20.1 Å². The lowest BCUT2D eigenvalue weighted by Crippen LogP contribution is -2.14. The van der Waals surface area contributed by atoms with Crippen molar-refractivity contribution in [3.8, 4) is 0 Å². The third kappa shape index (κ3) is 4.80. The average molecular weight is 534 g/mol. The van der Waals surface area contributed by atoms with Gasteiger partial charge in [-0.25, -0.2) is 12.4 Å². The molecule has 4 rings (SSSR count). The number of benzene rings is 3. The highest BCUT2D eigenvalue weighted by Crippen LogP contribution is 2.29. The number of fused-ring (bicyclic) bond motifs is 1. The molecule has 32 heavy (non-hydrogen) atoms. The Morgan fingerprint density at radius 1 is 0.875 bits per heavy atom. The zero-order valence-electron chi connectivity index (χ0n) is 17.1. The molecule has 1 heterocycles. The molecule has 9 heteroatoms. The summed E-state index contributed by atoms with van der Waals surface area (Å²) in [5.74, 6) is -0.155. The molecule has 0 atom stereocenters. The molecular formula is C23H20BrNO5S2. The monoisotopic (exact) mass is 533 g/mol. The fourth-order valence-electron chi connectivity index (χ4n) is 3.33. The molecule has 0 radical (unpaired) electrons. The van der Waals surface area contributed by atoms with E-state index in [2.05, 4.69) is 15.9 Å². The van der Waals surface area contributed by atoms with Gasteiger partial charge in [-0.15, -0.1) is 0 Å². The van der Waals surface area contributed by atoms with Gasteiger partial charge in [0.1, 0.15) is 0 Å². The molecule has 0 unspecified atom stereocenters. The van der Waals surface area contributed by atoms with Crippen molar-refractivity contribution in [1.29, 1.82) is 0 Å². The summed E-state index contributed by atoms with van der Waals surface area (Å²) in [6.45, 7) is 1.64. The van der Waals surface area contributed by atoms with E-state index >= 15 is 0 Å². The molecule has 3 aromatic carbocycles. The summed E-state index contributed by atoms with van der Waals surface area (Å²) in [6.07, 6.45) is 1.50. The minimum absolute atomic E-state index is 0.0667. The fourth-order valence-corrected chi connectivity index (χ4v) is 6.30. The SMILES string of the molecule is Cc1ccc(S(=O)(=O)OCc2cc(Br)c3ccn(S(=O)(=O)Cc4ccccc4)c3c2)cc1. The lowest BCUT2D eigenvalue weighted by Gasteiger charge is -2.10. The summed E-state index contributed by atoms with van der Waals surface area (Å²) in [7, 11) is -7.63. The molecule has 0 aliphatic heterocycles. The van der Waals surface area contributed by atoms with E-state index in [0.717, 1.165) is 5.56 Å². The molecule has 0 saturated heterocycles. The topological polar surface area (TPSA) is 82.4 Å². The smallest absolute Gasteiger partial charge is 0.262 e. The van der Waals surface area contributed by atoms with E-state index in [0.29, 0.717) is 26.5 Å². The van der Waals surface area contributed by atoms with Crippen LogP contribution in [-0.4, -0.2) is 20.8 Å². The van der Waals surface area contributed by atoms with Gasteiger partial charge in [-0.1, -0.05) is 64.0 Å². The maximum absolute atomic E-state index is 13.0. The van der Waals surface area contributed by atoms with Crippen LogP contribution >= 0.6 is 15.9 Å². The first kappa shape index (κ1) is 22.7. The lowest BCUT2D eigenvalue weighted by atomic mass is 10.2. The Bertz CT molecular complexity index is 1480. The van der Waals surface area contributed by atoms with E-state index in [-0.39, 0.29) is 17.3 Å². The maximum Gasteiger partial charge on any atom is 0.297 e. The summed E-state index contributed by atoms with van der Waals surface area (Å²) in [4.78, 5) is 0.0667. The number of hydrogen-bond acceptors (Lipinski definition) is 5. The van der Waals surface area contributed by atoms with Gasteiger partial charge < -0.3 is 0 Å². The molecule has 0 aliphatic carbocycles. The van der Waals surface area contributed by atoms with Crippen LogP contribution in [0.2, 0.25) is 0 Å². The zero-order valence-corrected chi connectivity index (χ0v) is 20.3. The van der Waals surface area contributed by atoms with E-state index in [1.807, 2.05) is 13.0 Å². The van der Waals surface area contributed by atoms with Crippen LogP contribution in [0.25, 0.3) is 10.9 Å². The standard InChI is InChI=1S/C23H20BrNO5S2/c1-17-7-9-20(10-8-17)32(28,29)30-15-19-13-22(24)21-11-12-25(23(21)14-19)31(26,27)16-18-5-3-2-4-6-18/h2-14H,15-16H2,1H3. The van der Waals surface area contributed by atoms with Crippen LogP contribution in [0.3, 0.4) is 0 Å². The van der Waals surface area contributed by atoms with Gasteiger partial charge in [0, 0.05) is 16.1 Å². The summed E-state index contributed by atoms with van der Waals surface area (Å²) < 4.78 is 58.2. The highest BCUT2D eigenvalue weighted by atomic mass is 79.9. The van der Waals surface area contributed by atoms with Gasteiger partial charge in [-0.3, -0.25) is 4.18 Å². The molecule has 0 spiro atoms. The quantitative estimate of drug-likeness (QED) is 0.312. The van der Waals surface area contributed by atoms with Crippen LogP contribution in [0.1, 0.15) is 16.7 Å². The number of aryl methyl sites for hydroxylation is 1. The van der Waals surface area contributed by atoms with Gasteiger partial charge >= 0.3 is 0 Å². The normalized spacial score (nSPS) is 12.3. The van der Waals surface area contributed by atoms with Crippen molar-refractivity contribution >= 4 is 47.0 Å². The minimum Gasteiger partial charge on any atom is -0.262 e. The number of nitrogens with zero attached hydrogens (tertiary/aromatic N) is 1. The predicted molar refractivity (Wildman–Crippen MR) is 127 cm³/mol. The van der Waals surface area contributed by atoms with Crippen molar-refractivity contribution in [2.75, 3.05) is 0 Å². The first-order valence-electron chi connectivity index (χ1n) is 9.68. The Balaban J connectivity index is 1.64. The third-order valence-corrected chi connectivity index (χ3v) is 8.51. The molecule has 1 aromatic heterocycles.